The van der Waals surface area contributed by atoms with Crippen LogP contribution in [0.3, 0.4) is 0 Å². The van der Waals surface area contributed by atoms with Gasteiger partial charge in [0, 0.05) is 16.1 Å². The maximum atomic E-state index is 12.4. The molecule has 1 aromatic heterocycles. The molecule has 144 valence electrons. The molecule has 28 heavy (non-hydrogen) atoms. The zero-order valence-corrected chi connectivity index (χ0v) is 16.5. The highest BCUT2D eigenvalue weighted by Gasteiger charge is 2.15. The fraction of sp³-hybridized carbons (Fsp3) is 0.250. The van der Waals surface area contributed by atoms with Crippen LogP contribution in [-0.4, -0.2) is 38.6 Å². The highest BCUT2D eigenvalue weighted by atomic mass is 35.5. The first-order valence-electron chi connectivity index (χ1n) is 8.64. The summed E-state index contributed by atoms with van der Waals surface area (Å²) in [6.45, 7) is 5.21. The zero-order valence-electron chi connectivity index (χ0n) is 15.8. The highest BCUT2D eigenvalue weighted by Crippen LogP contribution is 2.17. The Hall–Kier alpha value is -3.06. The molecule has 0 unspecified atom stereocenters. The topological polar surface area (TPSA) is 87.0 Å². The van der Waals surface area contributed by atoms with E-state index in [1.54, 1.807) is 24.3 Å². The van der Waals surface area contributed by atoms with Gasteiger partial charge in [-0.25, -0.2) is 4.79 Å². The van der Waals surface area contributed by atoms with E-state index >= 15 is 0 Å². The lowest BCUT2D eigenvalue weighted by Crippen LogP contribution is -2.20. The minimum atomic E-state index is -0.616. The molecule has 2 aromatic carbocycles. The van der Waals surface area contributed by atoms with Crippen LogP contribution in [0.1, 0.15) is 27.0 Å². The lowest BCUT2D eigenvalue weighted by atomic mass is 9.98. The van der Waals surface area contributed by atoms with Gasteiger partial charge in [0.05, 0.1) is 0 Å². The van der Waals surface area contributed by atoms with Crippen molar-refractivity contribution in [3.63, 3.8) is 0 Å². The van der Waals surface area contributed by atoms with Crippen molar-refractivity contribution in [2.24, 2.45) is 0 Å². The van der Waals surface area contributed by atoms with E-state index in [1.165, 1.54) is 0 Å². The number of halogens is 1. The van der Waals surface area contributed by atoms with E-state index in [4.69, 9.17) is 16.3 Å². The Kier molecular flexibility index (Phi) is 5.84. The van der Waals surface area contributed by atoms with Crippen LogP contribution in [0.15, 0.2) is 36.4 Å². The van der Waals surface area contributed by atoms with Gasteiger partial charge in [-0.3, -0.25) is 4.79 Å². The van der Waals surface area contributed by atoms with Gasteiger partial charge in [0.15, 0.2) is 13.2 Å². The quantitative estimate of drug-likeness (QED) is 0.467. The molecule has 0 aliphatic carbocycles. The van der Waals surface area contributed by atoms with E-state index in [1.807, 2.05) is 32.9 Å². The van der Waals surface area contributed by atoms with Crippen molar-refractivity contribution >= 4 is 23.4 Å². The van der Waals surface area contributed by atoms with Crippen LogP contribution in [0.4, 0.5) is 0 Å². The number of benzene rings is 2. The molecule has 1 heterocycles. The largest absolute Gasteiger partial charge is 0.456 e. The maximum Gasteiger partial charge on any atom is 0.330 e. The molecule has 0 aliphatic rings. The van der Waals surface area contributed by atoms with E-state index in [0.717, 1.165) is 27.1 Å². The molecule has 0 fully saturated rings. The number of hydrogen-bond acceptors (Lipinski definition) is 6. The molecule has 0 spiro atoms. The van der Waals surface area contributed by atoms with E-state index in [2.05, 4.69) is 15.4 Å². The third-order valence-electron chi connectivity index (χ3n) is 4.33. The summed E-state index contributed by atoms with van der Waals surface area (Å²) < 4.78 is 5.08. The third-order valence-corrected chi connectivity index (χ3v) is 4.58. The molecule has 8 heteroatoms. The number of carbonyl (C=O) groups excluding carboxylic acids is 2. The van der Waals surface area contributed by atoms with Gasteiger partial charge in [-0.1, -0.05) is 17.7 Å². The number of aryl methyl sites for hydroxylation is 3. The van der Waals surface area contributed by atoms with Crippen molar-refractivity contribution in [1.29, 1.82) is 0 Å². The number of hydrogen-bond donors (Lipinski definition) is 0. The summed E-state index contributed by atoms with van der Waals surface area (Å²) in [5.74, 6) is -0.497. The molecular formula is C20H19ClN4O3. The minimum absolute atomic E-state index is 0.236. The smallest absolute Gasteiger partial charge is 0.330 e. The summed E-state index contributed by atoms with van der Waals surface area (Å²) in [6.07, 6.45) is 0. The lowest BCUT2D eigenvalue weighted by Gasteiger charge is -2.09. The van der Waals surface area contributed by atoms with Crippen LogP contribution in [0.5, 0.6) is 0 Å². The summed E-state index contributed by atoms with van der Waals surface area (Å²) in [7, 11) is 0. The fourth-order valence-electron chi connectivity index (χ4n) is 2.67. The molecule has 7 nitrogen and oxygen atoms in total. The third kappa shape index (κ3) is 4.61. The number of ketones is 1. The van der Waals surface area contributed by atoms with Crippen LogP contribution in [-0.2, 0) is 16.1 Å². The van der Waals surface area contributed by atoms with Gasteiger partial charge in [0.2, 0.25) is 11.6 Å². The molecule has 0 aliphatic heterocycles. The standard InChI is InChI=1S/C20H19ClN4O3/c1-12-8-14(3)17(9-13(12)2)18(26)11-28-19(27)10-25-23-20(22-24-25)15-4-6-16(21)7-5-15/h4-9H,10-11H2,1-3H3. The number of ether oxygens (including phenoxy) is 1. The maximum absolute atomic E-state index is 12.4. The van der Waals surface area contributed by atoms with Gasteiger partial charge >= 0.3 is 5.97 Å². The van der Waals surface area contributed by atoms with Gasteiger partial charge in [-0.15, -0.1) is 10.2 Å². The molecule has 0 saturated heterocycles. The average molecular weight is 399 g/mol. The van der Waals surface area contributed by atoms with E-state index < -0.39 is 5.97 Å². The number of rotatable bonds is 6. The Morgan fingerprint density at radius 2 is 1.71 bits per heavy atom. The van der Waals surface area contributed by atoms with Crippen molar-refractivity contribution < 1.29 is 14.3 Å². The number of nitrogens with zero attached hydrogens (tertiary/aromatic N) is 4. The van der Waals surface area contributed by atoms with Crippen molar-refractivity contribution in [3.05, 3.63) is 63.7 Å². The molecule has 0 amide bonds. The minimum Gasteiger partial charge on any atom is -0.456 e. The Bertz CT molecular complexity index is 1030. The second-order valence-corrected chi connectivity index (χ2v) is 6.92. The number of tetrazole rings is 1. The Morgan fingerprint density at radius 3 is 2.43 bits per heavy atom. The lowest BCUT2D eigenvalue weighted by molar-refractivity contribution is -0.143. The first-order valence-corrected chi connectivity index (χ1v) is 9.01. The molecule has 0 atom stereocenters. The monoisotopic (exact) mass is 398 g/mol. The molecule has 3 aromatic rings. The average Bonchev–Trinajstić information content (AvgIpc) is 3.11. The number of esters is 1. The van der Waals surface area contributed by atoms with Crippen LogP contribution in [0.2, 0.25) is 5.02 Å². The van der Waals surface area contributed by atoms with E-state index in [-0.39, 0.29) is 18.9 Å². The molecule has 3 rings (SSSR count). The second kappa shape index (κ2) is 8.31. The summed E-state index contributed by atoms with van der Waals surface area (Å²) in [6, 6.07) is 10.7. The molecular weight excluding hydrogens is 380 g/mol. The molecule has 0 N–H and O–H groups in total. The van der Waals surface area contributed by atoms with Crippen molar-refractivity contribution in [1.82, 2.24) is 20.2 Å². The van der Waals surface area contributed by atoms with Crippen LogP contribution in [0, 0.1) is 20.8 Å². The Balaban J connectivity index is 1.58. The molecule has 0 radical (unpaired) electrons. The number of aromatic nitrogens is 4. The van der Waals surface area contributed by atoms with Gasteiger partial charge in [0.1, 0.15) is 0 Å². The van der Waals surface area contributed by atoms with Gasteiger partial charge in [0.25, 0.3) is 0 Å². The molecule has 0 saturated carbocycles. The van der Waals surface area contributed by atoms with Crippen LogP contribution >= 0.6 is 11.6 Å². The van der Waals surface area contributed by atoms with Crippen molar-refractivity contribution in [3.8, 4) is 11.4 Å². The molecule has 0 bridgehead atoms. The summed E-state index contributed by atoms with van der Waals surface area (Å²) in [4.78, 5) is 25.5. The first kappa shape index (κ1) is 19.7. The van der Waals surface area contributed by atoms with Crippen LogP contribution in [0.25, 0.3) is 11.4 Å². The fourth-order valence-corrected chi connectivity index (χ4v) is 2.80. The second-order valence-electron chi connectivity index (χ2n) is 6.49. The highest BCUT2D eigenvalue weighted by molar-refractivity contribution is 6.30. The summed E-state index contributed by atoms with van der Waals surface area (Å²) in [5, 5.41) is 12.5. The Labute approximate surface area is 167 Å². The first-order chi connectivity index (χ1) is 13.3. The zero-order chi connectivity index (χ0) is 20.3. The van der Waals surface area contributed by atoms with Crippen LogP contribution < -0.4 is 0 Å². The summed E-state index contributed by atoms with van der Waals surface area (Å²) >= 11 is 5.85. The predicted molar refractivity (Wildman–Crippen MR) is 104 cm³/mol. The van der Waals surface area contributed by atoms with Gasteiger partial charge < -0.3 is 4.74 Å². The number of carbonyl (C=O) groups is 2. The SMILES string of the molecule is Cc1cc(C)c(C(=O)COC(=O)Cn2nnc(-c3ccc(Cl)cc3)n2)cc1C. The van der Waals surface area contributed by atoms with Gasteiger partial charge in [-0.05, 0) is 73.0 Å². The normalized spacial score (nSPS) is 10.7. The number of Topliss-reactive ketones (excluding diaryl/α,β-unsaturated/α-hetero) is 1. The predicted octanol–water partition coefficient (Wildman–Crippen LogP) is 3.34. The summed E-state index contributed by atoms with van der Waals surface area (Å²) in [5.41, 5.74) is 4.26. The van der Waals surface area contributed by atoms with E-state index in [0.29, 0.717) is 16.4 Å². The van der Waals surface area contributed by atoms with E-state index in [9.17, 15) is 9.59 Å². The van der Waals surface area contributed by atoms with Gasteiger partial charge in [-0.2, -0.15) is 4.80 Å². The van der Waals surface area contributed by atoms with Crippen molar-refractivity contribution in [2.75, 3.05) is 6.61 Å². The van der Waals surface area contributed by atoms with Crippen molar-refractivity contribution in [2.45, 2.75) is 27.3 Å². The Morgan fingerprint density at radius 1 is 1.04 bits per heavy atom.